The van der Waals surface area contributed by atoms with Crippen LogP contribution in [0.1, 0.15) is 38.2 Å². The van der Waals surface area contributed by atoms with E-state index in [-0.39, 0.29) is 6.04 Å². The summed E-state index contributed by atoms with van der Waals surface area (Å²) in [7, 11) is 0. The Morgan fingerprint density at radius 2 is 1.96 bits per heavy atom. The predicted molar refractivity (Wildman–Crippen MR) is 96.2 cm³/mol. The molecule has 2 N–H and O–H groups in total. The van der Waals surface area contributed by atoms with E-state index >= 15 is 0 Å². The van der Waals surface area contributed by atoms with E-state index in [0.29, 0.717) is 10.8 Å². The Balaban J connectivity index is 1.73. The van der Waals surface area contributed by atoms with Crippen molar-refractivity contribution in [3.8, 4) is 5.75 Å². The van der Waals surface area contributed by atoms with Gasteiger partial charge in [0, 0.05) is 6.04 Å². The molecule has 0 unspecified atom stereocenters. The van der Waals surface area contributed by atoms with Crippen LogP contribution in [0.4, 0.5) is 4.79 Å². The van der Waals surface area contributed by atoms with Crippen LogP contribution in [0.5, 0.6) is 5.75 Å². The molecule has 0 bridgehead atoms. The molecule has 0 aromatic heterocycles. The summed E-state index contributed by atoms with van der Waals surface area (Å²) >= 11 is 5.98. The summed E-state index contributed by atoms with van der Waals surface area (Å²) < 4.78 is 10.3. The van der Waals surface area contributed by atoms with E-state index in [1.807, 2.05) is 13.0 Å². The lowest BCUT2D eigenvalue weighted by Crippen LogP contribution is -2.47. The summed E-state index contributed by atoms with van der Waals surface area (Å²) in [5, 5.41) is 5.27. The van der Waals surface area contributed by atoms with Gasteiger partial charge in [-0.2, -0.15) is 0 Å². The zero-order valence-corrected chi connectivity index (χ0v) is 15.6. The minimum atomic E-state index is -1.12. The van der Waals surface area contributed by atoms with Crippen LogP contribution in [0.15, 0.2) is 18.2 Å². The molecular formula is C18H23ClN2O5. The van der Waals surface area contributed by atoms with Crippen molar-refractivity contribution in [2.24, 2.45) is 0 Å². The highest BCUT2D eigenvalue weighted by atomic mass is 35.5. The molecule has 1 aromatic carbocycles. The van der Waals surface area contributed by atoms with Crippen molar-refractivity contribution < 1.29 is 23.9 Å². The molecule has 26 heavy (non-hydrogen) atoms. The third-order valence-corrected chi connectivity index (χ3v) is 4.35. The van der Waals surface area contributed by atoms with E-state index in [9.17, 15) is 14.4 Å². The van der Waals surface area contributed by atoms with Crippen LogP contribution in [0.25, 0.3) is 0 Å². The first-order valence-corrected chi connectivity index (χ1v) is 8.92. The molecule has 0 spiro atoms. The van der Waals surface area contributed by atoms with E-state index in [2.05, 4.69) is 10.6 Å². The van der Waals surface area contributed by atoms with Gasteiger partial charge in [0.25, 0.3) is 5.91 Å². The van der Waals surface area contributed by atoms with E-state index in [4.69, 9.17) is 21.1 Å². The monoisotopic (exact) mass is 382 g/mol. The average Bonchev–Trinajstić information content (AvgIpc) is 3.08. The number of imide groups is 1. The van der Waals surface area contributed by atoms with Gasteiger partial charge in [-0.15, -0.1) is 0 Å². The normalized spacial score (nSPS) is 15.2. The zero-order valence-electron chi connectivity index (χ0n) is 14.8. The highest BCUT2D eigenvalue weighted by molar-refractivity contribution is 6.32. The van der Waals surface area contributed by atoms with E-state index < -0.39 is 30.6 Å². The molecule has 1 fully saturated rings. The zero-order chi connectivity index (χ0) is 19.1. The van der Waals surface area contributed by atoms with Crippen molar-refractivity contribution in [2.75, 3.05) is 6.61 Å². The lowest BCUT2D eigenvalue weighted by Gasteiger charge is -2.16. The van der Waals surface area contributed by atoms with Crippen molar-refractivity contribution >= 4 is 29.5 Å². The van der Waals surface area contributed by atoms with E-state index in [0.717, 1.165) is 31.2 Å². The Kier molecular flexibility index (Phi) is 7.26. The van der Waals surface area contributed by atoms with Crippen molar-refractivity contribution in [3.63, 3.8) is 0 Å². The molecule has 142 valence electrons. The first kappa shape index (κ1) is 20.0. The maximum Gasteiger partial charge on any atom is 0.344 e. The molecule has 0 saturated heterocycles. The number of amides is 3. The number of hydrogen-bond acceptors (Lipinski definition) is 5. The fraction of sp³-hybridized carbons (Fsp3) is 0.500. The molecule has 0 aliphatic heterocycles. The summed E-state index contributed by atoms with van der Waals surface area (Å²) in [5.41, 5.74) is 0.929. The summed E-state index contributed by atoms with van der Waals surface area (Å²) in [5.74, 6) is -1.07. The summed E-state index contributed by atoms with van der Waals surface area (Å²) in [6.45, 7) is 2.86. The maximum absolute atomic E-state index is 11.9. The van der Waals surface area contributed by atoms with Gasteiger partial charge < -0.3 is 14.8 Å². The van der Waals surface area contributed by atoms with Gasteiger partial charge in [-0.25, -0.2) is 9.59 Å². The van der Waals surface area contributed by atoms with Gasteiger partial charge in [0.1, 0.15) is 5.75 Å². The number of carbonyl (C=O) groups is 3. The molecule has 2 rings (SSSR count). The van der Waals surface area contributed by atoms with Crippen LogP contribution in [0.3, 0.4) is 0 Å². The molecular weight excluding hydrogens is 360 g/mol. The van der Waals surface area contributed by atoms with Gasteiger partial charge in [-0.3, -0.25) is 10.1 Å². The molecule has 1 saturated carbocycles. The Labute approximate surface area is 157 Å². The van der Waals surface area contributed by atoms with Crippen LogP contribution >= 0.6 is 11.6 Å². The molecule has 1 aliphatic rings. The second kappa shape index (κ2) is 9.43. The summed E-state index contributed by atoms with van der Waals surface area (Å²) in [6, 6.07) is 4.69. The first-order chi connectivity index (χ1) is 12.3. The molecule has 1 aliphatic carbocycles. The number of esters is 1. The van der Waals surface area contributed by atoms with Crippen molar-refractivity contribution in [2.45, 2.75) is 51.7 Å². The van der Waals surface area contributed by atoms with Crippen LogP contribution in [0, 0.1) is 6.92 Å². The van der Waals surface area contributed by atoms with Crippen LogP contribution < -0.4 is 15.4 Å². The fourth-order valence-corrected chi connectivity index (χ4v) is 2.82. The SMILES string of the molecule is Cc1ccc(Cl)c(OCC(=O)O[C@H](C)C(=O)NC(=O)NC2CCCC2)c1. The molecule has 0 heterocycles. The van der Waals surface area contributed by atoms with Gasteiger partial charge >= 0.3 is 12.0 Å². The number of carbonyl (C=O) groups excluding carboxylic acids is 3. The molecule has 1 aromatic rings. The Morgan fingerprint density at radius 1 is 1.27 bits per heavy atom. The minimum Gasteiger partial charge on any atom is -0.480 e. The molecule has 1 atom stereocenters. The van der Waals surface area contributed by atoms with Gasteiger partial charge in [0.2, 0.25) is 0 Å². The summed E-state index contributed by atoms with van der Waals surface area (Å²) in [4.78, 5) is 35.5. The number of halogens is 1. The smallest absolute Gasteiger partial charge is 0.344 e. The topological polar surface area (TPSA) is 93.7 Å². The molecule has 3 amide bonds. The first-order valence-electron chi connectivity index (χ1n) is 8.55. The van der Waals surface area contributed by atoms with Crippen LogP contribution in [0.2, 0.25) is 5.02 Å². The van der Waals surface area contributed by atoms with Crippen molar-refractivity contribution in [1.82, 2.24) is 10.6 Å². The van der Waals surface area contributed by atoms with Crippen molar-refractivity contribution in [1.29, 1.82) is 0 Å². The molecule has 7 nitrogen and oxygen atoms in total. The number of benzene rings is 1. The highest BCUT2D eigenvalue weighted by Crippen LogP contribution is 2.25. The lowest BCUT2D eigenvalue weighted by atomic mass is 10.2. The Bertz CT molecular complexity index is 674. The number of hydrogen-bond donors (Lipinski definition) is 2. The highest BCUT2D eigenvalue weighted by Gasteiger charge is 2.22. The van der Waals surface area contributed by atoms with E-state index in [1.54, 1.807) is 12.1 Å². The van der Waals surface area contributed by atoms with E-state index in [1.165, 1.54) is 6.92 Å². The molecule has 8 heteroatoms. The standard InChI is InChI=1S/C18H23ClN2O5/c1-11-7-8-14(19)15(9-11)25-10-16(22)26-12(2)17(23)21-18(24)20-13-5-3-4-6-13/h7-9,12-13H,3-6,10H2,1-2H3,(H2,20,21,23,24)/t12-/m1/s1. The Morgan fingerprint density at radius 3 is 2.65 bits per heavy atom. The van der Waals surface area contributed by atoms with Gasteiger partial charge in [-0.1, -0.05) is 30.5 Å². The van der Waals surface area contributed by atoms with Gasteiger partial charge in [0.15, 0.2) is 12.7 Å². The third kappa shape index (κ3) is 6.22. The largest absolute Gasteiger partial charge is 0.480 e. The maximum atomic E-state index is 11.9. The number of urea groups is 1. The van der Waals surface area contributed by atoms with Crippen molar-refractivity contribution in [3.05, 3.63) is 28.8 Å². The minimum absolute atomic E-state index is 0.0909. The fourth-order valence-electron chi connectivity index (χ4n) is 2.65. The number of aryl methyl sites for hydroxylation is 1. The molecule has 0 radical (unpaired) electrons. The van der Waals surface area contributed by atoms with Gasteiger partial charge in [0.05, 0.1) is 5.02 Å². The quantitative estimate of drug-likeness (QED) is 0.738. The third-order valence-electron chi connectivity index (χ3n) is 4.04. The van der Waals surface area contributed by atoms with Gasteiger partial charge in [-0.05, 0) is 44.4 Å². The second-order valence-electron chi connectivity index (χ2n) is 6.30. The van der Waals surface area contributed by atoms with Crippen LogP contribution in [-0.2, 0) is 14.3 Å². The van der Waals surface area contributed by atoms with Crippen LogP contribution in [-0.4, -0.2) is 36.7 Å². The average molecular weight is 383 g/mol. The number of ether oxygens (including phenoxy) is 2. The predicted octanol–water partition coefficient (Wildman–Crippen LogP) is 2.73. The lowest BCUT2D eigenvalue weighted by molar-refractivity contribution is -0.156. The summed E-state index contributed by atoms with van der Waals surface area (Å²) in [6.07, 6.45) is 2.83. The number of rotatable bonds is 6. The Hall–Kier alpha value is -2.28. The number of nitrogens with one attached hydrogen (secondary N) is 2. The second-order valence-corrected chi connectivity index (χ2v) is 6.71.